The van der Waals surface area contributed by atoms with Crippen molar-refractivity contribution in [3.8, 4) is 0 Å². The van der Waals surface area contributed by atoms with E-state index in [1.807, 2.05) is 0 Å². The average Bonchev–Trinajstić information content (AvgIpc) is 2.27. The fourth-order valence-electron chi connectivity index (χ4n) is 1.56. The number of hydrogen-bond acceptors (Lipinski definition) is 4. The lowest BCUT2D eigenvalue weighted by Gasteiger charge is -2.17. The lowest BCUT2D eigenvalue weighted by Crippen LogP contribution is -2.45. The number of amides is 1. The van der Waals surface area contributed by atoms with Gasteiger partial charge in [0.25, 0.3) is 0 Å². The molecule has 3 unspecified atom stereocenters. The van der Waals surface area contributed by atoms with Crippen molar-refractivity contribution in [1.29, 1.82) is 0 Å². The second-order valence-corrected chi connectivity index (χ2v) is 4.78. The Balaban J connectivity index is 3.91. The third-order valence-electron chi connectivity index (χ3n) is 2.82. The van der Waals surface area contributed by atoms with Crippen molar-refractivity contribution < 1.29 is 24.6 Å². The Kier molecular flexibility index (Phi) is 7.74. The first-order valence-corrected chi connectivity index (χ1v) is 6.24. The molecule has 3 atom stereocenters. The first kappa shape index (κ1) is 17.4. The number of aliphatic carboxylic acids is 2. The number of rotatable bonds is 9. The van der Waals surface area contributed by atoms with Crippen molar-refractivity contribution in [3.05, 3.63) is 0 Å². The van der Waals surface area contributed by atoms with E-state index in [9.17, 15) is 14.4 Å². The molecule has 1 amide bonds. The van der Waals surface area contributed by atoms with Gasteiger partial charge in [-0.3, -0.25) is 14.4 Å². The molecule has 19 heavy (non-hydrogen) atoms. The van der Waals surface area contributed by atoms with Crippen LogP contribution in [0.3, 0.4) is 0 Å². The van der Waals surface area contributed by atoms with Crippen LogP contribution in [0.2, 0.25) is 0 Å². The molecule has 0 saturated heterocycles. The van der Waals surface area contributed by atoms with E-state index in [0.717, 1.165) is 0 Å². The van der Waals surface area contributed by atoms with Crippen molar-refractivity contribution in [2.45, 2.75) is 51.6 Å². The number of hydrogen-bond donors (Lipinski definition) is 4. The van der Waals surface area contributed by atoms with Crippen LogP contribution in [0.5, 0.6) is 0 Å². The van der Waals surface area contributed by atoms with Crippen LogP contribution in [-0.2, 0) is 14.4 Å². The minimum Gasteiger partial charge on any atom is -0.481 e. The highest BCUT2D eigenvalue weighted by Gasteiger charge is 2.18. The standard InChI is InChI=1S/C12H22N2O5/c1-7(12(18)19)4-3-5-8(2)14-11(17)9(13)6-10(15)16/h7-9H,3-6,13H2,1-2H3,(H,14,17)(H,15,16)(H,18,19). The van der Waals surface area contributed by atoms with Gasteiger partial charge >= 0.3 is 11.9 Å². The summed E-state index contributed by atoms with van der Waals surface area (Å²) in [6.45, 7) is 3.41. The van der Waals surface area contributed by atoms with Crippen LogP contribution < -0.4 is 11.1 Å². The predicted octanol–water partition coefficient (Wildman–Crippen LogP) is 0.184. The van der Waals surface area contributed by atoms with Gasteiger partial charge in [0.1, 0.15) is 0 Å². The zero-order chi connectivity index (χ0) is 15.0. The average molecular weight is 274 g/mol. The van der Waals surface area contributed by atoms with E-state index in [1.165, 1.54) is 0 Å². The van der Waals surface area contributed by atoms with Gasteiger partial charge in [-0.1, -0.05) is 13.3 Å². The maximum absolute atomic E-state index is 11.5. The quantitative estimate of drug-likeness (QED) is 0.474. The van der Waals surface area contributed by atoms with Crippen LogP contribution in [0, 0.1) is 5.92 Å². The first-order chi connectivity index (χ1) is 8.73. The van der Waals surface area contributed by atoms with Gasteiger partial charge in [-0.25, -0.2) is 0 Å². The summed E-state index contributed by atoms with van der Waals surface area (Å²) in [7, 11) is 0. The van der Waals surface area contributed by atoms with E-state index in [-0.39, 0.29) is 6.04 Å². The number of nitrogens with one attached hydrogen (secondary N) is 1. The van der Waals surface area contributed by atoms with Crippen LogP contribution in [0.25, 0.3) is 0 Å². The lowest BCUT2D eigenvalue weighted by atomic mass is 10.0. The molecule has 0 rings (SSSR count). The van der Waals surface area contributed by atoms with E-state index < -0.39 is 36.2 Å². The topological polar surface area (TPSA) is 130 Å². The Bertz CT molecular complexity index is 332. The van der Waals surface area contributed by atoms with E-state index in [1.54, 1.807) is 13.8 Å². The SMILES string of the molecule is CC(CCCC(C)C(=O)O)NC(=O)C(N)CC(=O)O. The molecule has 0 radical (unpaired) electrons. The molecular formula is C12H22N2O5. The van der Waals surface area contributed by atoms with Gasteiger partial charge in [-0.05, 0) is 19.8 Å². The molecule has 0 aromatic heterocycles. The molecule has 0 aliphatic heterocycles. The Hall–Kier alpha value is -1.63. The number of carboxylic acids is 2. The maximum atomic E-state index is 11.5. The molecule has 0 aliphatic rings. The fourth-order valence-corrected chi connectivity index (χ4v) is 1.56. The van der Waals surface area contributed by atoms with Gasteiger partial charge in [0.2, 0.25) is 5.91 Å². The Morgan fingerprint density at radius 1 is 1.16 bits per heavy atom. The van der Waals surface area contributed by atoms with Crippen molar-refractivity contribution in [2.24, 2.45) is 11.7 Å². The van der Waals surface area contributed by atoms with Crippen LogP contribution in [0.15, 0.2) is 0 Å². The number of carboxylic acid groups (broad SMARTS) is 2. The predicted molar refractivity (Wildman–Crippen MR) is 68.5 cm³/mol. The Labute approximate surface area is 112 Å². The van der Waals surface area contributed by atoms with Crippen LogP contribution >= 0.6 is 0 Å². The molecule has 0 aromatic rings. The normalized spacial score (nSPS) is 15.3. The number of carbonyl (C=O) groups excluding carboxylic acids is 1. The largest absolute Gasteiger partial charge is 0.481 e. The van der Waals surface area contributed by atoms with Crippen LogP contribution in [0.1, 0.15) is 39.5 Å². The highest BCUT2D eigenvalue weighted by Crippen LogP contribution is 2.09. The maximum Gasteiger partial charge on any atom is 0.306 e. The molecule has 0 saturated carbocycles. The van der Waals surface area contributed by atoms with E-state index >= 15 is 0 Å². The number of nitrogens with two attached hydrogens (primary N) is 1. The third kappa shape index (κ3) is 8.15. The van der Waals surface area contributed by atoms with Crippen molar-refractivity contribution >= 4 is 17.8 Å². The highest BCUT2D eigenvalue weighted by molar-refractivity contribution is 5.86. The fraction of sp³-hybridized carbons (Fsp3) is 0.750. The summed E-state index contributed by atoms with van der Waals surface area (Å²) >= 11 is 0. The third-order valence-corrected chi connectivity index (χ3v) is 2.82. The van der Waals surface area contributed by atoms with E-state index in [4.69, 9.17) is 15.9 Å². The highest BCUT2D eigenvalue weighted by atomic mass is 16.4. The van der Waals surface area contributed by atoms with Crippen molar-refractivity contribution in [2.75, 3.05) is 0 Å². The minimum atomic E-state index is -1.12. The van der Waals surface area contributed by atoms with Crippen LogP contribution in [-0.4, -0.2) is 40.1 Å². The molecule has 0 bridgehead atoms. The Morgan fingerprint density at radius 3 is 2.21 bits per heavy atom. The molecule has 0 heterocycles. The molecule has 0 aliphatic carbocycles. The Morgan fingerprint density at radius 2 is 1.74 bits per heavy atom. The first-order valence-electron chi connectivity index (χ1n) is 6.24. The summed E-state index contributed by atoms with van der Waals surface area (Å²) in [6.07, 6.45) is 1.43. The molecular weight excluding hydrogens is 252 g/mol. The van der Waals surface area contributed by atoms with E-state index in [2.05, 4.69) is 5.32 Å². The second-order valence-electron chi connectivity index (χ2n) is 4.78. The van der Waals surface area contributed by atoms with Crippen LogP contribution in [0.4, 0.5) is 0 Å². The zero-order valence-electron chi connectivity index (χ0n) is 11.3. The molecule has 0 fully saturated rings. The second kappa shape index (κ2) is 8.47. The summed E-state index contributed by atoms with van der Waals surface area (Å²) < 4.78 is 0. The summed E-state index contributed by atoms with van der Waals surface area (Å²) in [4.78, 5) is 32.5. The molecule has 0 spiro atoms. The molecule has 5 N–H and O–H groups in total. The van der Waals surface area contributed by atoms with Gasteiger partial charge in [0.15, 0.2) is 0 Å². The van der Waals surface area contributed by atoms with Crippen molar-refractivity contribution in [1.82, 2.24) is 5.32 Å². The van der Waals surface area contributed by atoms with Gasteiger partial charge in [-0.2, -0.15) is 0 Å². The molecule has 0 aromatic carbocycles. The monoisotopic (exact) mass is 274 g/mol. The summed E-state index contributed by atoms with van der Waals surface area (Å²) in [5.74, 6) is -2.86. The van der Waals surface area contributed by atoms with Crippen molar-refractivity contribution in [3.63, 3.8) is 0 Å². The van der Waals surface area contributed by atoms with Gasteiger partial charge in [0, 0.05) is 6.04 Å². The smallest absolute Gasteiger partial charge is 0.306 e. The molecule has 7 heteroatoms. The summed E-state index contributed by atoms with van der Waals surface area (Å²) in [6, 6.07) is -1.22. The zero-order valence-corrected chi connectivity index (χ0v) is 11.3. The van der Waals surface area contributed by atoms with Gasteiger partial charge < -0.3 is 21.3 Å². The summed E-state index contributed by atoms with van der Waals surface area (Å²) in [5, 5.41) is 19.8. The molecule has 7 nitrogen and oxygen atoms in total. The molecule has 110 valence electrons. The van der Waals surface area contributed by atoms with Gasteiger partial charge in [-0.15, -0.1) is 0 Å². The van der Waals surface area contributed by atoms with E-state index in [0.29, 0.717) is 19.3 Å². The summed E-state index contributed by atoms with van der Waals surface area (Å²) in [5.41, 5.74) is 5.41. The lowest BCUT2D eigenvalue weighted by molar-refractivity contribution is -0.141. The van der Waals surface area contributed by atoms with Gasteiger partial charge in [0.05, 0.1) is 18.4 Å². The minimum absolute atomic E-state index is 0.159. The number of carbonyl (C=O) groups is 3.